The Labute approximate surface area is 165 Å². The number of benzene rings is 2. The summed E-state index contributed by atoms with van der Waals surface area (Å²) in [6, 6.07) is 8.25. The summed E-state index contributed by atoms with van der Waals surface area (Å²) >= 11 is 6.20. The Bertz CT molecular complexity index is 973. The molecule has 0 unspecified atom stereocenters. The molecular formula is C20H23ClN2O3S. The number of carbonyl (C=O) groups is 1. The normalized spacial score (nSPS) is 15.1. The van der Waals surface area contributed by atoms with E-state index in [0.717, 1.165) is 35.2 Å². The fourth-order valence-electron chi connectivity index (χ4n) is 3.47. The van der Waals surface area contributed by atoms with E-state index in [1.807, 2.05) is 32.9 Å². The van der Waals surface area contributed by atoms with Gasteiger partial charge in [0.1, 0.15) is 0 Å². The third-order valence-corrected chi connectivity index (χ3v) is 7.03. The lowest BCUT2D eigenvalue weighted by Gasteiger charge is -2.17. The number of nitrogens with one attached hydrogen (secondary N) is 1. The monoisotopic (exact) mass is 406 g/mol. The van der Waals surface area contributed by atoms with Gasteiger partial charge in [-0.2, -0.15) is 4.31 Å². The van der Waals surface area contributed by atoms with Gasteiger partial charge in [-0.3, -0.25) is 4.79 Å². The molecule has 2 aromatic carbocycles. The first kappa shape index (κ1) is 19.9. The van der Waals surface area contributed by atoms with Gasteiger partial charge in [0.05, 0.1) is 15.5 Å². The highest BCUT2D eigenvalue weighted by atomic mass is 35.5. The summed E-state index contributed by atoms with van der Waals surface area (Å²) in [7, 11) is -3.61. The van der Waals surface area contributed by atoms with E-state index in [9.17, 15) is 13.2 Å². The van der Waals surface area contributed by atoms with Crippen molar-refractivity contribution >= 4 is 33.2 Å². The number of halogens is 1. The maximum absolute atomic E-state index is 12.8. The third kappa shape index (κ3) is 4.03. The number of sulfonamides is 1. The van der Waals surface area contributed by atoms with Gasteiger partial charge in [0.2, 0.25) is 10.0 Å². The molecule has 1 amide bonds. The van der Waals surface area contributed by atoms with Gasteiger partial charge in [0.25, 0.3) is 5.91 Å². The van der Waals surface area contributed by atoms with E-state index in [-0.39, 0.29) is 15.5 Å². The number of hydrogen-bond donors (Lipinski definition) is 1. The summed E-state index contributed by atoms with van der Waals surface area (Å²) in [5.41, 5.74) is 3.86. The molecule has 27 heavy (non-hydrogen) atoms. The van der Waals surface area contributed by atoms with Crippen LogP contribution in [0.3, 0.4) is 0 Å². The Kier molecular flexibility index (Phi) is 5.60. The fraction of sp³-hybridized carbons (Fsp3) is 0.350. The van der Waals surface area contributed by atoms with Crippen molar-refractivity contribution in [1.82, 2.24) is 4.31 Å². The number of nitrogens with zero attached hydrogens (tertiary/aromatic N) is 1. The van der Waals surface area contributed by atoms with Gasteiger partial charge < -0.3 is 5.32 Å². The van der Waals surface area contributed by atoms with Crippen molar-refractivity contribution < 1.29 is 13.2 Å². The van der Waals surface area contributed by atoms with Crippen LogP contribution in [0.1, 0.15) is 39.9 Å². The van der Waals surface area contributed by atoms with Gasteiger partial charge >= 0.3 is 0 Å². The van der Waals surface area contributed by atoms with Crippen molar-refractivity contribution in [3.8, 4) is 0 Å². The molecule has 2 aromatic rings. The highest BCUT2D eigenvalue weighted by Gasteiger charge is 2.28. The standard InChI is InChI=1S/C20H23ClN2O3S/c1-13-10-14(2)19(15(3)11-13)22-20(24)17-12-16(6-7-18(17)21)27(25,26)23-8-4-5-9-23/h6-7,10-12H,4-5,8-9H2,1-3H3,(H,22,24). The smallest absolute Gasteiger partial charge is 0.257 e. The minimum atomic E-state index is -3.61. The number of amides is 1. The lowest BCUT2D eigenvalue weighted by atomic mass is 10.0. The molecule has 3 rings (SSSR count). The number of aryl methyl sites for hydroxylation is 3. The average molecular weight is 407 g/mol. The molecule has 0 bridgehead atoms. The van der Waals surface area contributed by atoms with Gasteiger partial charge in [-0.1, -0.05) is 29.3 Å². The molecule has 0 saturated carbocycles. The molecule has 0 aliphatic carbocycles. The summed E-state index contributed by atoms with van der Waals surface area (Å²) in [4.78, 5) is 12.9. The van der Waals surface area contributed by atoms with Gasteiger partial charge in [-0.25, -0.2) is 8.42 Å². The molecule has 7 heteroatoms. The van der Waals surface area contributed by atoms with Crippen LogP contribution in [0.15, 0.2) is 35.2 Å². The zero-order valence-corrected chi connectivity index (χ0v) is 17.2. The molecule has 0 radical (unpaired) electrons. The predicted molar refractivity (Wildman–Crippen MR) is 108 cm³/mol. The summed E-state index contributed by atoms with van der Waals surface area (Å²) in [5, 5.41) is 3.10. The second-order valence-corrected chi connectivity index (χ2v) is 9.33. The van der Waals surface area contributed by atoms with Crippen LogP contribution in [0.2, 0.25) is 5.02 Å². The van der Waals surface area contributed by atoms with Crippen molar-refractivity contribution in [2.75, 3.05) is 18.4 Å². The summed E-state index contributed by atoms with van der Waals surface area (Å²) < 4.78 is 27.0. The molecule has 1 saturated heterocycles. The largest absolute Gasteiger partial charge is 0.321 e. The molecule has 144 valence electrons. The minimum Gasteiger partial charge on any atom is -0.321 e. The molecule has 1 N–H and O–H groups in total. The first-order valence-electron chi connectivity index (χ1n) is 8.89. The summed E-state index contributed by atoms with van der Waals surface area (Å²) in [6.45, 7) is 6.86. The van der Waals surface area contributed by atoms with Gasteiger partial charge in [-0.15, -0.1) is 0 Å². The van der Waals surface area contributed by atoms with Crippen LogP contribution in [0.4, 0.5) is 5.69 Å². The highest BCUT2D eigenvalue weighted by molar-refractivity contribution is 7.89. The molecule has 0 aromatic heterocycles. The number of carbonyl (C=O) groups excluding carboxylic acids is 1. The Morgan fingerprint density at radius 1 is 1.04 bits per heavy atom. The minimum absolute atomic E-state index is 0.0938. The van der Waals surface area contributed by atoms with Gasteiger partial charge in [-0.05, 0) is 62.9 Å². The van der Waals surface area contributed by atoms with Crippen LogP contribution in [0.5, 0.6) is 0 Å². The van der Waals surface area contributed by atoms with Crippen molar-refractivity contribution in [3.63, 3.8) is 0 Å². The SMILES string of the molecule is Cc1cc(C)c(NC(=O)c2cc(S(=O)(=O)N3CCCC3)ccc2Cl)c(C)c1. The summed E-state index contributed by atoms with van der Waals surface area (Å²) in [5.74, 6) is -0.423. The molecule has 0 atom stereocenters. The lowest BCUT2D eigenvalue weighted by Crippen LogP contribution is -2.28. The Hall–Kier alpha value is -1.89. The first-order valence-corrected chi connectivity index (χ1v) is 10.7. The van der Waals surface area contributed by atoms with E-state index in [1.165, 1.54) is 22.5 Å². The van der Waals surface area contributed by atoms with E-state index in [0.29, 0.717) is 13.1 Å². The van der Waals surface area contributed by atoms with E-state index >= 15 is 0 Å². The van der Waals surface area contributed by atoms with E-state index in [1.54, 1.807) is 0 Å². The molecule has 1 fully saturated rings. The van der Waals surface area contributed by atoms with Crippen LogP contribution in [-0.4, -0.2) is 31.7 Å². The van der Waals surface area contributed by atoms with Crippen molar-refractivity contribution in [2.24, 2.45) is 0 Å². The van der Waals surface area contributed by atoms with E-state index in [4.69, 9.17) is 11.6 Å². The van der Waals surface area contributed by atoms with Gasteiger partial charge in [0, 0.05) is 18.8 Å². The lowest BCUT2D eigenvalue weighted by molar-refractivity contribution is 0.102. The highest BCUT2D eigenvalue weighted by Crippen LogP contribution is 2.27. The molecule has 0 spiro atoms. The molecule has 5 nitrogen and oxygen atoms in total. The van der Waals surface area contributed by atoms with Crippen LogP contribution >= 0.6 is 11.6 Å². The van der Waals surface area contributed by atoms with Crippen molar-refractivity contribution in [3.05, 3.63) is 57.6 Å². The average Bonchev–Trinajstić information content (AvgIpc) is 3.13. The second kappa shape index (κ2) is 7.62. The van der Waals surface area contributed by atoms with Crippen molar-refractivity contribution in [2.45, 2.75) is 38.5 Å². The Morgan fingerprint density at radius 2 is 1.63 bits per heavy atom. The number of anilines is 1. The zero-order valence-electron chi connectivity index (χ0n) is 15.7. The van der Waals surface area contributed by atoms with Crippen LogP contribution in [0.25, 0.3) is 0 Å². The third-order valence-electron chi connectivity index (χ3n) is 4.80. The maximum Gasteiger partial charge on any atom is 0.257 e. The molecule has 1 heterocycles. The Balaban J connectivity index is 1.94. The topological polar surface area (TPSA) is 66.5 Å². The van der Waals surface area contributed by atoms with Crippen LogP contribution in [0, 0.1) is 20.8 Å². The van der Waals surface area contributed by atoms with Crippen LogP contribution < -0.4 is 5.32 Å². The fourth-order valence-corrected chi connectivity index (χ4v) is 5.22. The van der Waals surface area contributed by atoms with E-state index < -0.39 is 15.9 Å². The summed E-state index contributed by atoms with van der Waals surface area (Å²) in [6.07, 6.45) is 1.71. The van der Waals surface area contributed by atoms with Crippen molar-refractivity contribution in [1.29, 1.82) is 0 Å². The quantitative estimate of drug-likeness (QED) is 0.822. The van der Waals surface area contributed by atoms with Gasteiger partial charge in [0.15, 0.2) is 0 Å². The first-order chi connectivity index (χ1) is 12.7. The molecular weight excluding hydrogens is 384 g/mol. The molecule has 1 aliphatic heterocycles. The zero-order chi connectivity index (χ0) is 19.8. The number of hydrogen-bond acceptors (Lipinski definition) is 3. The maximum atomic E-state index is 12.8. The predicted octanol–water partition coefficient (Wildman–Crippen LogP) is 4.30. The molecule has 1 aliphatic rings. The second-order valence-electron chi connectivity index (χ2n) is 6.98. The Morgan fingerprint density at radius 3 is 2.22 bits per heavy atom. The number of rotatable bonds is 4. The van der Waals surface area contributed by atoms with E-state index in [2.05, 4.69) is 5.32 Å². The van der Waals surface area contributed by atoms with Crippen LogP contribution in [-0.2, 0) is 10.0 Å².